The molecule has 1 aromatic carbocycles. The summed E-state index contributed by atoms with van der Waals surface area (Å²) in [6.45, 7) is 7.73. The molecule has 2 saturated heterocycles. The zero-order chi connectivity index (χ0) is 18.5. The van der Waals surface area contributed by atoms with E-state index in [1.807, 2.05) is 49.1 Å². The molecule has 2 amide bonds. The molecule has 3 rings (SSSR count). The Labute approximate surface area is 156 Å². The maximum absolute atomic E-state index is 13.3. The largest absolute Gasteiger partial charge is 0.341 e. The van der Waals surface area contributed by atoms with E-state index in [1.54, 1.807) is 0 Å². The van der Waals surface area contributed by atoms with Gasteiger partial charge in [0.1, 0.15) is 6.04 Å². The van der Waals surface area contributed by atoms with E-state index in [0.717, 1.165) is 44.6 Å². The number of hydrogen-bond donors (Lipinski definition) is 2. The van der Waals surface area contributed by atoms with Crippen molar-refractivity contribution in [2.75, 3.05) is 26.2 Å². The molecule has 0 aromatic heterocycles. The Bertz CT molecular complexity index is 603. The fourth-order valence-corrected chi connectivity index (χ4v) is 4.14. The number of benzene rings is 1. The summed E-state index contributed by atoms with van der Waals surface area (Å²) in [5.41, 5.74) is 0.862. The number of nitrogens with one attached hydrogen (secondary N) is 2. The topological polar surface area (TPSA) is 61.4 Å². The zero-order valence-corrected chi connectivity index (χ0v) is 15.9. The van der Waals surface area contributed by atoms with Gasteiger partial charge in [-0.05, 0) is 49.2 Å². The van der Waals surface area contributed by atoms with E-state index in [1.165, 1.54) is 0 Å². The lowest BCUT2D eigenvalue weighted by Crippen LogP contribution is -2.43. The third-order valence-electron chi connectivity index (χ3n) is 5.61. The van der Waals surface area contributed by atoms with Gasteiger partial charge in [-0.3, -0.25) is 9.59 Å². The van der Waals surface area contributed by atoms with Crippen molar-refractivity contribution in [1.82, 2.24) is 15.5 Å². The summed E-state index contributed by atoms with van der Waals surface area (Å²) in [5.74, 6) is 1.60. The van der Waals surface area contributed by atoms with Gasteiger partial charge in [0.05, 0.1) is 0 Å². The predicted molar refractivity (Wildman–Crippen MR) is 102 cm³/mol. The first kappa shape index (κ1) is 18.9. The summed E-state index contributed by atoms with van der Waals surface area (Å²) < 4.78 is 0. The molecule has 0 aliphatic carbocycles. The third kappa shape index (κ3) is 4.64. The van der Waals surface area contributed by atoms with Crippen LogP contribution in [0.5, 0.6) is 0 Å². The number of nitrogens with zero attached hydrogens (tertiary/aromatic N) is 1. The molecule has 0 bridgehead atoms. The molecular weight excluding hydrogens is 326 g/mol. The van der Waals surface area contributed by atoms with E-state index in [0.29, 0.717) is 18.3 Å². The Morgan fingerprint density at radius 2 is 1.73 bits per heavy atom. The van der Waals surface area contributed by atoms with Gasteiger partial charge in [0.2, 0.25) is 11.8 Å². The van der Waals surface area contributed by atoms with Crippen molar-refractivity contribution in [3.8, 4) is 0 Å². The van der Waals surface area contributed by atoms with E-state index in [2.05, 4.69) is 10.6 Å². The lowest BCUT2D eigenvalue weighted by molar-refractivity contribution is -0.136. The summed E-state index contributed by atoms with van der Waals surface area (Å²) in [4.78, 5) is 27.6. The molecule has 2 heterocycles. The van der Waals surface area contributed by atoms with Crippen molar-refractivity contribution in [2.45, 2.75) is 39.2 Å². The first-order chi connectivity index (χ1) is 12.5. The molecule has 5 heteroatoms. The minimum atomic E-state index is -0.585. The molecule has 2 N–H and O–H groups in total. The molecule has 0 saturated carbocycles. The van der Waals surface area contributed by atoms with Crippen LogP contribution in [0.15, 0.2) is 30.3 Å². The van der Waals surface area contributed by atoms with Gasteiger partial charge in [0.15, 0.2) is 0 Å². The summed E-state index contributed by atoms with van der Waals surface area (Å²) in [6, 6.07) is 9.04. The fourth-order valence-electron chi connectivity index (χ4n) is 4.14. The van der Waals surface area contributed by atoms with Gasteiger partial charge in [-0.2, -0.15) is 0 Å². The quantitative estimate of drug-likeness (QED) is 0.850. The zero-order valence-electron chi connectivity index (χ0n) is 15.9. The molecule has 3 atom stereocenters. The smallest absolute Gasteiger partial charge is 0.249 e. The molecule has 142 valence electrons. The second kappa shape index (κ2) is 8.67. The van der Waals surface area contributed by atoms with Gasteiger partial charge in [0, 0.05) is 19.5 Å². The molecular formula is C21H31N3O2. The van der Waals surface area contributed by atoms with Crippen LogP contribution in [0, 0.1) is 17.8 Å². The predicted octanol–water partition coefficient (Wildman–Crippen LogP) is 2.35. The van der Waals surface area contributed by atoms with Crippen molar-refractivity contribution < 1.29 is 9.59 Å². The lowest BCUT2D eigenvalue weighted by Gasteiger charge is -2.27. The van der Waals surface area contributed by atoms with Gasteiger partial charge >= 0.3 is 0 Å². The van der Waals surface area contributed by atoms with Crippen molar-refractivity contribution >= 4 is 11.8 Å². The Morgan fingerprint density at radius 1 is 1.12 bits per heavy atom. The second-order valence-corrected chi connectivity index (χ2v) is 8.09. The molecule has 2 fully saturated rings. The highest BCUT2D eigenvalue weighted by atomic mass is 16.2. The number of fused-ring (bicyclic) bond motifs is 1. The number of amides is 2. The SMILES string of the molecule is CC(C)CC(=O)NC(C(=O)N1CC[C@@H]2CNC[C@@H]2CC1)c1ccccc1. The minimum absolute atomic E-state index is 0.0289. The van der Waals surface area contributed by atoms with Crippen molar-refractivity contribution in [3.05, 3.63) is 35.9 Å². The van der Waals surface area contributed by atoms with Crippen LogP contribution in [-0.4, -0.2) is 42.9 Å². The van der Waals surface area contributed by atoms with Crippen LogP contribution in [0.25, 0.3) is 0 Å². The second-order valence-electron chi connectivity index (χ2n) is 8.09. The minimum Gasteiger partial charge on any atom is -0.341 e. The molecule has 0 radical (unpaired) electrons. The van der Waals surface area contributed by atoms with Gasteiger partial charge in [-0.25, -0.2) is 0 Å². The van der Waals surface area contributed by atoms with E-state index < -0.39 is 6.04 Å². The van der Waals surface area contributed by atoms with Crippen molar-refractivity contribution in [2.24, 2.45) is 17.8 Å². The third-order valence-corrected chi connectivity index (χ3v) is 5.61. The monoisotopic (exact) mass is 357 g/mol. The average Bonchev–Trinajstić information content (AvgIpc) is 2.98. The van der Waals surface area contributed by atoms with Crippen LogP contribution < -0.4 is 10.6 Å². The number of likely N-dealkylation sites (tertiary alicyclic amines) is 1. The summed E-state index contributed by atoms with van der Waals surface area (Å²) in [7, 11) is 0. The molecule has 0 spiro atoms. The van der Waals surface area contributed by atoms with Gasteiger partial charge in [-0.15, -0.1) is 0 Å². The lowest BCUT2D eigenvalue weighted by atomic mass is 9.92. The molecule has 2 aliphatic heterocycles. The average molecular weight is 357 g/mol. The Hall–Kier alpha value is -1.88. The number of rotatable bonds is 5. The van der Waals surface area contributed by atoms with E-state index in [4.69, 9.17) is 0 Å². The van der Waals surface area contributed by atoms with E-state index in [-0.39, 0.29) is 17.7 Å². The van der Waals surface area contributed by atoms with Crippen LogP contribution >= 0.6 is 0 Å². The Balaban J connectivity index is 1.73. The van der Waals surface area contributed by atoms with Gasteiger partial charge in [0.25, 0.3) is 0 Å². The highest BCUT2D eigenvalue weighted by Crippen LogP contribution is 2.28. The van der Waals surface area contributed by atoms with Crippen LogP contribution in [-0.2, 0) is 9.59 Å². The maximum Gasteiger partial charge on any atom is 0.249 e. The molecule has 5 nitrogen and oxygen atoms in total. The van der Waals surface area contributed by atoms with Gasteiger partial charge in [-0.1, -0.05) is 44.2 Å². The van der Waals surface area contributed by atoms with Crippen LogP contribution in [0.3, 0.4) is 0 Å². The highest BCUT2D eigenvalue weighted by molar-refractivity contribution is 5.88. The normalized spacial score (nSPS) is 24.0. The van der Waals surface area contributed by atoms with Crippen LogP contribution in [0.2, 0.25) is 0 Å². The Morgan fingerprint density at radius 3 is 2.31 bits per heavy atom. The summed E-state index contributed by atoms with van der Waals surface area (Å²) in [5, 5.41) is 6.46. The number of hydrogen-bond acceptors (Lipinski definition) is 3. The molecule has 26 heavy (non-hydrogen) atoms. The van der Waals surface area contributed by atoms with Crippen molar-refractivity contribution in [1.29, 1.82) is 0 Å². The van der Waals surface area contributed by atoms with Crippen LogP contribution in [0.4, 0.5) is 0 Å². The highest BCUT2D eigenvalue weighted by Gasteiger charge is 2.34. The summed E-state index contributed by atoms with van der Waals surface area (Å²) >= 11 is 0. The molecule has 1 unspecified atom stereocenters. The standard InChI is InChI=1S/C21H31N3O2/c1-15(2)12-19(25)23-20(16-6-4-3-5-7-16)21(26)24-10-8-17-13-22-14-18(17)9-11-24/h3-7,15,17-18,20,22H,8-14H2,1-2H3,(H,23,25)/t17-,18+,20?. The first-order valence-electron chi connectivity index (χ1n) is 9.88. The molecule has 1 aromatic rings. The van der Waals surface area contributed by atoms with Gasteiger partial charge < -0.3 is 15.5 Å². The van der Waals surface area contributed by atoms with E-state index in [9.17, 15) is 9.59 Å². The Kier molecular flexibility index (Phi) is 6.30. The van der Waals surface area contributed by atoms with Crippen LogP contribution in [0.1, 0.15) is 44.7 Å². The maximum atomic E-state index is 13.3. The fraction of sp³-hybridized carbons (Fsp3) is 0.619. The first-order valence-corrected chi connectivity index (χ1v) is 9.88. The summed E-state index contributed by atoms with van der Waals surface area (Å²) in [6.07, 6.45) is 2.53. The van der Waals surface area contributed by atoms with Crippen molar-refractivity contribution in [3.63, 3.8) is 0 Å². The number of carbonyl (C=O) groups excluding carboxylic acids is 2. The van der Waals surface area contributed by atoms with E-state index >= 15 is 0 Å². The molecule has 2 aliphatic rings. The number of carbonyl (C=O) groups is 2.